The highest BCUT2D eigenvalue weighted by Gasteiger charge is 2.28. The first kappa shape index (κ1) is 122. The number of rotatable bonds is 36. The molecule has 0 bridgehead atoms. The van der Waals surface area contributed by atoms with Crippen molar-refractivity contribution in [2.24, 2.45) is 11.8 Å². The molecule has 0 aliphatic heterocycles. The van der Waals surface area contributed by atoms with Gasteiger partial charge in [-0.2, -0.15) is 0 Å². The van der Waals surface area contributed by atoms with Gasteiger partial charge in [0.1, 0.15) is 98.1 Å². The van der Waals surface area contributed by atoms with E-state index < -0.39 is 201 Å². The minimum absolute atomic E-state index is 0.0133. The normalized spacial score (nSPS) is 11.7. The summed E-state index contributed by atoms with van der Waals surface area (Å²) in [5.74, 6) is -12.4. The second-order valence-electron chi connectivity index (χ2n) is 26.7. The van der Waals surface area contributed by atoms with Crippen molar-refractivity contribution in [3.8, 4) is 23.0 Å². The Balaban J connectivity index is 0.000000421. The molecule has 0 unspecified atom stereocenters. The van der Waals surface area contributed by atoms with Gasteiger partial charge >= 0.3 is 71.9 Å². The lowest BCUT2D eigenvalue weighted by molar-refractivity contribution is -0.139. The lowest BCUT2D eigenvalue weighted by Gasteiger charge is -2.13. The van der Waals surface area contributed by atoms with Gasteiger partial charge in [-0.3, -0.25) is 29.8 Å². The van der Waals surface area contributed by atoms with Gasteiger partial charge in [-0.05, 0) is 263 Å². The number of hydrogen-bond donors (Lipinski definition) is 2. The summed E-state index contributed by atoms with van der Waals surface area (Å²) in [4.78, 5) is 140. The molecule has 744 valence electrons. The molecule has 7 aromatic carbocycles. The van der Waals surface area contributed by atoms with Gasteiger partial charge < -0.3 is 84.2 Å². The topological polar surface area (TPSA) is 683 Å². The van der Waals surface area contributed by atoms with Gasteiger partial charge in [-0.15, -0.1) is 0 Å². The Bertz CT molecular complexity index is 6060. The van der Waals surface area contributed by atoms with E-state index in [1.54, 1.807) is 38.1 Å². The van der Waals surface area contributed by atoms with Crippen molar-refractivity contribution < 1.29 is 192 Å². The molecule has 0 heterocycles. The molecule has 44 nitrogen and oxygen atoms in total. The third-order valence-electron chi connectivity index (χ3n) is 15.6. The molecular formula is C80H78I6N2O42S6-6. The summed E-state index contributed by atoms with van der Waals surface area (Å²) >= 11 is 11.8. The van der Waals surface area contributed by atoms with Crippen LogP contribution in [0.15, 0.2) is 152 Å². The highest BCUT2D eigenvalue weighted by Crippen LogP contribution is 2.32. The first-order valence-electron chi connectivity index (χ1n) is 37.9. The van der Waals surface area contributed by atoms with Gasteiger partial charge in [0.15, 0.2) is 0 Å². The minimum Gasteiger partial charge on any atom is -0.748 e. The van der Waals surface area contributed by atoms with Crippen LogP contribution in [-0.2, 0) is 124 Å². The molecule has 0 radical (unpaired) electrons. The number of nitrogens with one attached hydrogen (secondary N) is 2. The Morgan fingerprint density at radius 1 is 0.375 bits per heavy atom. The minimum atomic E-state index is -4.46. The van der Waals surface area contributed by atoms with Crippen LogP contribution in [0.5, 0.6) is 23.0 Å². The van der Waals surface area contributed by atoms with Crippen molar-refractivity contribution in [3.05, 3.63) is 213 Å². The predicted octanol–water partition coefficient (Wildman–Crippen LogP) is 9.95. The third-order valence-corrected chi connectivity index (χ3v) is 24.0. The van der Waals surface area contributed by atoms with Crippen molar-refractivity contribution in [2.75, 3.05) is 91.4 Å². The van der Waals surface area contributed by atoms with Crippen molar-refractivity contribution in [2.45, 2.75) is 60.0 Å². The Hall–Kier alpha value is -8.64. The largest absolute Gasteiger partial charge is 0.748 e. The molecular weight excluding hydrogens is 2610 g/mol. The maximum Gasteiger partial charge on any atom is 0.411 e. The Labute approximate surface area is 861 Å². The standard InChI is InChI=1S/C17H16INO7S.C15H17IO7S.C13H14INO7S.C13H15IO7S.2C11H11IO7S/c18-14-10-13(16(20)25-8-9-27(22,23)24)6-7-15(14)19-17(21)26-11-12-4-2-1-3-5-12;16-11-5-6-12(15(18)22-7-8-24(19,20)21)13(9-11)23-14(17)10-3-1-2-4-10;1-2-5-22-13(17)15-11-4-3-9(8-10(11)14)12(16)21-6-7-23(18,19)20;1-8(2)12(15)21-11-7-9(14)3-4-10(11)13(16)20-5-6-22(17,18)19;2*1-7(13)19-10-6-8(12)2-3-9(10)11(14)18-4-5-20(15,16)17/h1-7,10H,8-9,11H2,(H,19,21)(H,22,23,24);5-6,9-10H,1-4,7-8H2,(H,19,20,21);2-4,8H,1,5-7H2,(H,15,17)(H,18,19,20);3-4,7-8H,5-6H2,1-2H3,(H,17,18,19);2*2-3,6H,4-5H2,1H3,(H,15,16,17)/p-6. The van der Waals surface area contributed by atoms with Gasteiger partial charge in [0, 0.05) is 35.3 Å². The van der Waals surface area contributed by atoms with E-state index in [4.69, 9.17) is 42.6 Å². The molecule has 1 aliphatic rings. The summed E-state index contributed by atoms with van der Waals surface area (Å²) < 4.78 is 250. The fourth-order valence-corrected chi connectivity index (χ4v) is 14.3. The van der Waals surface area contributed by atoms with Gasteiger partial charge in [0.25, 0.3) is 0 Å². The zero-order valence-corrected chi connectivity index (χ0v) is 88.7. The van der Waals surface area contributed by atoms with E-state index >= 15 is 0 Å². The summed E-state index contributed by atoms with van der Waals surface area (Å²) in [6.07, 6.45) is 3.60. The highest BCUT2D eigenvalue weighted by atomic mass is 127. The Kier molecular flexibility index (Phi) is 53.4. The lowest BCUT2D eigenvalue weighted by atomic mass is 10.1. The molecule has 56 heteroatoms. The smallest absolute Gasteiger partial charge is 0.411 e. The quantitative estimate of drug-likeness (QED) is 0.00920. The maximum absolute atomic E-state index is 12.1. The van der Waals surface area contributed by atoms with E-state index in [2.05, 4.69) is 31.4 Å². The second kappa shape index (κ2) is 59.7. The average molecular weight is 2690 g/mol. The molecule has 0 aromatic heterocycles. The monoisotopic (exact) mass is 2690 g/mol. The fraction of sp³-hybridized carbons (Fsp3) is 0.300. The van der Waals surface area contributed by atoms with Crippen molar-refractivity contribution in [1.29, 1.82) is 0 Å². The van der Waals surface area contributed by atoms with Crippen molar-refractivity contribution in [1.82, 2.24) is 0 Å². The van der Waals surface area contributed by atoms with E-state index in [1.165, 1.54) is 105 Å². The van der Waals surface area contributed by atoms with Crippen LogP contribution in [0.25, 0.3) is 0 Å². The van der Waals surface area contributed by atoms with E-state index in [1.807, 2.05) is 166 Å². The van der Waals surface area contributed by atoms with Crippen molar-refractivity contribution in [3.63, 3.8) is 0 Å². The van der Waals surface area contributed by atoms with E-state index in [0.717, 1.165) is 45.5 Å². The molecule has 1 aliphatic carbocycles. The van der Waals surface area contributed by atoms with Gasteiger partial charge in [-0.1, -0.05) is 69.7 Å². The summed E-state index contributed by atoms with van der Waals surface area (Å²) in [5, 5.41) is 5.05. The number of esters is 10. The summed E-state index contributed by atoms with van der Waals surface area (Å²) in [7, 11) is -26.7. The molecule has 1 saturated carbocycles. The van der Waals surface area contributed by atoms with E-state index in [0.29, 0.717) is 18.5 Å². The maximum atomic E-state index is 12.1. The molecule has 8 rings (SSSR count). The number of carbonyl (C=O) groups excluding carboxylic acids is 12. The first-order chi connectivity index (χ1) is 63.2. The molecule has 2 amide bonds. The van der Waals surface area contributed by atoms with Crippen LogP contribution in [0.1, 0.15) is 121 Å². The van der Waals surface area contributed by atoms with Crippen molar-refractivity contribution >= 4 is 280 Å². The summed E-state index contributed by atoms with van der Waals surface area (Å²) in [6.45, 7) is 5.98. The number of hydrogen-bond acceptors (Lipinski definition) is 42. The molecule has 136 heavy (non-hydrogen) atoms. The third kappa shape index (κ3) is 52.9. The Morgan fingerprint density at radius 3 is 0.941 bits per heavy atom. The molecule has 0 spiro atoms. The highest BCUT2D eigenvalue weighted by molar-refractivity contribution is 14.1. The van der Waals surface area contributed by atoms with Crippen LogP contribution in [0.3, 0.4) is 0 Å². The number of ether oxygens (including phenoxy) is 12. The SMILES string of the molecule is C=CCOC(=O)Nc1ccc(C(=O)OCCS(=O)(=O)[O-])cc1I.CC(=O)Oc1cc(I)ccc1C(=O)OCCS(=O)(=O)[O-].CC(=O)Oc1cc(I)ccc1C(=O)OCCS(=O)(=O)[O-].CC(C)C(=O)Oc1cc(I)ccc1C(=O)OCCS(=O)(=O)[O-].O=C(Nc1ccc(C(=O)OCCS(=O)(=O)[O-])cc1I)OCc1ccccc1.O=C(OCCS(=O)(=O)[O-])c1ccc(I)cc1OC(=O)C1CCCC1. The number of carbonyl (C=O) groups is 12. The molecule has 1 fully saturated rings. The van der Waals surface area contributed by atoms with Crippen LogP contribution in [0, 0.1) is 33.3 Å². The predicted molar refractivity (Wildman–Crippen MR) is 520 cm³/mol. The van der Waals surface area contributed by atoms with Crippen LogP contribution in [0.2, 0.25) is 0 Å². The molecule has 7 aromatic rings. The fourth-order valence-electron chi connectivity index (χ4n) is 9.42. The number of benzene rings is 7. The number of halogens is 6. The Morgan fingerprint density at radius 2 is 0.662 bits per heavy atom. The van der Waals surface area contributed by atoms with Crippen LogP contribution < -0.4 is 29.6 Å². The number of anilines is 2. The zero-order chi connectivity index (χ0) is 103. The zero-order valence-electron chi connectivity index (χ0n) is 70.8. The first-order valence-corrected chi connectivity index (χ1v) is 53.9. The van der Waals surface area contributed by atoms with Crippen LogP contribution >= 0.6 is 136 Å². The molecule has 2 N–H and O–H groups in total. The number of amides is 2. The molecule has 0 atom stereocenters. The molecule has 0 saturated heterocycles. The van der Waals surface area contributed by atoms with Gasteiger partial charge in [0.05, 0.1) is 130 Å². The second-order valence-corrected chi connectivity index (χ2v) is 43.2. The van der Waals surface area contributed by atoms with E-state index in [9.17, 15) is 135 Å². The van der Waals surface area contributed by atoms with E-state index in [-0.39, 0.29) is 87.4 Å². The lowest BCUT2D eigenvalue weighted by Crippen LogP contribution is -2.20. The van der Waals surface area contributed by atoms with Gasteiger partial charge in [0.2, 0.25) is 0 Å². The summed E-state index contributed by atoms with van der Waals surface area (Å²) in [5.41, 5.74) is 1.98. The summed E-state index contributed by atoms with van der Waals surface area (Å²) in [6, 6.07) is 35.8. The average Bonchev–Trinajstić information content (AvgIpc) is 1.10. The van der Waals surface area contributed by atoms with Gasteiger partial charge in [-0.25, -0.2) is 88.9 Å². The van der Waals surface area contributed by atoms with Crippen LogP contribution in [-0.4, -0.2) is 230 Å². The van der Waals surface area contributed by atoms with Crippen LogP contribution in [0.4, 0.5) is 21.0 Å².